The Hall–Kier alpha value is -2.35. The maximum Gasteiger partial charge on any atom is 0.241 e. The number of hydrogen-bond acceptors (Lipinski definition) is 5. The molecular weight excluding hydrogens is 292 g/mol. The quantitative estimate of drug-likeness (QED) is 0.819. The molecule has 0 saturated heterocycles. The standard InChI is InChI=1S/C13H16N4O3S/c1-21(19,20)12-4-2-10(3-5-12)6-15-13(18)9-17-8-11(14)7-16-17/h2-5,7-8H,6,9,14H2,1H3,(H,15,18). The number of anilines is 1. The second kappa shape index (κ2) is 5.96. The summed E-state index contributed by atoms with van der Waals surface area (Å²) in [5.41, 5.74) is 6.82. The summed E-state index contributed by atoms with van der Waals surface area (Å²) in [7, 11) is -3.20. The molecule has 112 valence electrons. The predicted molar refractivity (Wildman–Crippen MR) is 78.0 cm³/mol. The smallest absolute Gasteiger partial charge is 0.241 e. The SMILES string of the molecule is CS(=O)(=O)c1ccc(CNC(=O)Cn2cc(N)cn2)cc1. The first-order chi connectivity index (χ1) is 9.84. The number of nitrogens with zero attached hydrogens (tertiary/aromatic N) is 2. The van der Waals surface area contributed by atoms with Gasteiger partial charge >= 0.3 is 0 Å². The Morgan fingerprint density at radius 2 is 2.00 bits per heavy atom. The van der Waals surface area contributed by atoms with Crippen molar-refractivity contribution in [1.29, 1.82) is 0 Å². The first kappa shape index (κ1) is 15.0. The zero-order valence-corrected chi connectivity index (χ0v) is 12.3. The minimum atomic E-state index is -3.20. The second-order valence-electron chi connectivity index (χ2n) is 4.66. The highest BCUT2D eigenvalue weighted by Gasteiger charge is 2.07. The molecule has 3 N–H and O–H groups in total. The molecule has 0 unspecified atom stereocenters. The zero-order valence-electron chi connectivity index (χ0n) is 11.5. The van der Waals surface area contributed by atoms with Crippen LogP contribution in [0, 0.1) is 0 Å². The summed E-state index contributed by atoms with van der Waals surface area (Å²) in [6, 6.07) is 6.38. The maximum atomic E-state index is 11.7. The maximum absolute atomic E-state index is 11.7. The Morgan fingerprint density at radius 1 is 1.33 bits per heavy atom. The number of carbonyl (C=O) groups is 1. The molecule has 0 saturated carbocycles. The number of benzene rings is 1. The van der Waals surface area contributed by atoms with Gasteiger partial charge in [0.15, 0.2) is 9.84 Å². The van der Waals surface area contributed by atoms with Crippen molar-refractivity contribution >= 4 is 21.4 Å². The lowest BCUT2D eigenvalue weighted by atomic mass is 10.2. The molecule has 1 heterocycles. The largest absolute Gasteiger partial charge is 0.396 e. The number of rotatable bonds is 5. The number of nitrogen functional groups attached to an aromatic ring is 1. The summed E-state index contributed by atoms with van der Waals surface area (Å²) in [6.07, 6.45) is 4.19. The van der Waals surface area contributed by atoms with Crippen molar-refractivity contribution in [2.45, 2.75) is 18.0 Å². The van der Waals surface area contributed by atoms with E-state index < -0.39 is 9.84 Å². The predicted octanol–water partition coefficient (Wildman–Crippen LogP) is 0.185. The molecule has 21 heavy (non-hydrogen) atoms. The topological polar surface area (TPSA) is 107 Å². The molecular formula is C13H16N4O3S. The molecule has 2 aromatic rings. The van der Waals surface area contributed by atoms with E-state index in [0.29, 0.717) is 12.2 Å². The molecule has 0 bridgehead atoms. The lowest BCUT2D eigenvalue weighted by molar-refractivity contribution is -0.122. The molecule has 7 nitrogen and oxygen atoms in total. The average Bonchev–Trinajstić information content (AvgIpc) is 2.81. The highest BCUT2D eigenvalue weighted by molar-refractivity contribution is 7.90. The van der Waals surface area contributed by atoms with Gasteiger partial charge < -0.3 is 11.1 Å². The van der Waals surface area contributed by atoms with Crippen LogP contribution in [0.1, 0.15) is 5.56 Å². The van der Waals surface area contributed by atoms with E-state index in [1.807, 2.05) is 0 Å². The van der Waals surface area contributed by atoms with Crippen LogP contribution in [0.25, 0.3) is 0 Å². The third-order valence-electron chi connectivity index (χ3n) is 2.80. The number of nitrogens with two attached hydrogens (primary N) is 1. The van der Waals surface area contributed by atoms with Crippen LogP contribution in [0.15, 0.2) is 41.6 Å². The highest BCUT2D eigenvalue weighted by Crippen LogP contribution is 2.10. The number of amides is 1. The number of sulfone groups is 1. The van der Waals surface area contributed by atoms with Gasteiger partial charge in [-0.3, -0.25) is 9.48 Å². The number of carbonyl (C=O) groups excluding carboxylic acids is 1. The summed E-state index contributed by atoms with van der Waals surface area (Å²) < 4.78 is 24.1. The first-order valence-electron chi connectivity index (χ1n) is 6.18. The lowest BCUT2D eigenvalue weighted by Gasteiger charge is -2.06. The molecule has 0 aliphatic heterocycles. The third kappa shape index (κ3) is 4.32. The lowest BCUT2D eigenvalue weighted by Crippen LogP contribution is -2.27. The molecule has 0 aliphatic carbocycles. The van der Waals surface area contributed by atoms with Crippen molar-refractivity contribution in [3.8, 4) is 0 Å². The van der Waals surface area contributed by atoms with E-state index in [2.05, 4.69) is 10.4 Å². The number of aromatic nitrogens is 2. The molecule has 1 aromatic carbocycles. The van der Waals surface area contributed by atoms with Crippen LogP contribution in [0.4, 0.5) is 5.69 Å². The van der Waals surface area contributed by atoms with E-state index in [1.165, 1.54) is 23.0 Å². The molecule has 8 heteroatoms. The van der Waals surface area contributed by atoms with E-state index in [1.54, 1.807) is 18.3 Å². The Kier molecular flexibility index (Phi) is 4.27. The summed E-state index contributed by atoms with van der Waals surface area (Å²) in [4.78, 5) is 12.0. The van der Waals surface area contributed by atoms with Gasteiger partial charge in [0.25, 0.3) is 0 Å². The van der Waals surface area contributed by atoms with Crippen LogP contribution < -0.4 is 11.1 Å². The van der Waals surface area contributed by atoms with Crippen molar-refractivity contribution in [3.05, 3.63) is 42.2 Å². The van der Waals surface area contributed by atoms with Crippen LogP contribution in [-0.2, 0) is 27.7 Å². The monoisotopic (exact) mass is 308 g/mol. The van der Waals surface area contributed by atoms with Crippen molar-refractivity contribution in [2.24, 2.45) is 0 Å². The fourth-order valence-electron chi connectivity index (χ4n) is 1.72. The van der Waals surface area contributed by atoms with Crippen molar-refractivity contribution in [2.75, 3.05) is 12.0 Å². The summed E-state index contributed by atoms with van der Waals surface area (Å²) in [5, 5.41) is 6.64. The summed E-state index contributed by atoms with van der Waals surface area (Å²) in [6.45, 7) is 0.401. The van der Waals surface area contributed by atoms with E-state index in [0.717, 1.165) is 11.8 Å². The third-order valence-corrected chi connectivity index (χ3v) is 3.93. The molecule has 2 rings (SSSR count). The van der Waals surface area contributed by atoms with Crippen LogP contribution in [0.2, 0.25) is 0 Å². The van der Waals surface area contributed by atoms with Gasteiger partial charge in [-0.2, -0.15) is 5.10 Å². The first-order valence-corrected chi connectivity index (χ1v) is 8.07. The van der Waals surface area contributed by atoms with Gasteiger partial charge in [-0.1, -0.05) is 12.1 Å². The molecule has 0 aliphatic rings. The van der Waals surface area contributed by atoms with Gasteiger partial charge in [0.1, 0.15) is 6.54 Å². The Balaban J connectivity index is 1.89. The molecule has 0 radical (unpaired) electrons. The van der Waals surface area contributed by atoms with Crippen LogP contribution in [-0.4, -0.2) is 30.4 Å². The minimum absolute atomic E-state index is 0.0820. The average molecular weight is 308 g/mol. The van der Waals surface area contributed by atoms with Crippen molar-refractivity contribution < 1.29 is 13.2 Å². The molecule has 1 amide bonds. The minimum Gasteiger partial charge on any atom is -0.396 e. The highest BCUT2D eigenvalue weighted by atomic mass is 32.2. The zero-order chi connectivity index (χ0) is 15.5. The van der Waals surface area contributed by atoms with E-state index >= 15 is 0 Å². The van der Waals surface area contributed by atoms with Crippen LogP contribution >= 0.6 is 0 Å². The number of nitrogens with one attached hydrogen (secondary N) is 1. The van der Waals surface area contributed by atoms with Crippen LogP contribution in [0.3, 0.4) is 0 Å². The van der Waals surface area contributed by atoms with Gasteiger partial charge in [-0.15, -0.1) is 0 Å². The Bertz CT molecular complexity index is 735. The van der Waals surface area contributed by atoms with Gasteiger partial charge in [-0.05, 0) is 17.7 Å². The fourth-order valence-corrected chi connectivity index (χ4v) is 2.35. The van der Waals surface area contributed by atoms with Crippen molar-refractivity contribution in [1.82, 2.24) is 15.1 Å². The fraction of sp³-hybridized carbons (Fsp3) is 0.231. The van der Waals surface area contributed by atoms with E-state index in [-0.39, 0.29) is 17.3 Å². The molecule has 0 fully saturated rings. The van der Waals surface area contributed by atoms with Crippen LogP contribution in [0.5, 0.6) is 0 Å². The molecule has 1 aromatic heterocycles. The second-order valence-corrected chi connectivity index (χ2v) is 6.68. The molecule has 0 atom stereocenters. The van der Waals surface area contributed by atoms with Gasteiger partial charge in [-0.25, -0.2) is 8.42 Å². The molecule has 0 spiro atoms. The summed E-state index contributed by atoms with van der Waals surface area (Å²) in [5.74, 6) is -0.203. The normalized spacial score (nSPS) is 11.3. The Morgan fingerprint density at radius 3 is 2.52 bits per heavy atom. The Labute approximate surface area is 122 Å². The van der Waals surface area contributed by atoms with Crippen molar-refractivity contribution in [3.63, 3.8) is 0 Å². The summed E-state index contributed by atoms with van der Waals surface area (Å²) >= 11 is 0. The van der Waals surface area contributed by atoms with E-state index in [9.17, 15) is 13.2 Å². The van der Waals surface area contributed by atoms with Gasteiger partial charge in [0.2, 0.25) is 5.91 Å². The van der Waals surface area contributed by atoms with Gasteiger partial charge in [0.05, 0.1) is 16.8 Å². The van der Waals surface area contributed by atoms with E-state index in [4.69, 9.17) is 5.73 Å². The van der Waals surface area contributed by atoms with Gasteiger partial charge in [0, 0.05) is 19.0 Å². The number of hydrogen-bond donors (Lipinski definition) is 2.